The van der Waals surface area contributed by atoms with Gasteiger partial charge in [0.1, 0.15) is 17.3 Å². The van der Waals surface area contributed by atoms with E-state index in [4.69, 9.17) is 19.4 Å². The average Bonchev–Trinajstić information content (AvgIpc) is 3.38. The van der Waals surface area contributed by atoms with Gasteiger partial charge < -0.3 is 19.7 Å². The second kappa shape index (κ2) is 9.44. The third-order valence-electron chi connectivity index (χ3n) is 5.85. The molecule has 0 spiro atoms. The fraction of sp³-hybridized carbons (Fsp3) is 0.148. The molecule has 3 heterocycles. The molecule has 8 nitrogen and oxygen atoms in total. The number of aromatic nitrogens is 4. The lowest BCUT2D eigenvalue weighted by Crippen LogP contribution is -2.37. The molecule has 8 heteroatoms. The Balaban J connectivity index is 1.31. The van der Waals surface area contributed by atoms with Crippen molar-refractivity contribution in [3.63, 3.8) is 0 Å². The smallest absolute Gasteiger partial charge is 0.228 e. The van der Waals surface area contributed by atoms with Crippen molar-refractivity contribution in [3.05, 3.63) is 85.1 Å². The highest BCUT2D eigenvalue weighted by Gasteiger charge is 2.17. The molecule has 0 unspecified atom stereocenters. The zero-order valence-electron chi connectivity index (χ0n) is 19.0. The number of hydrogen-bond donors (Lipinski definition) is 2. The van der Waals surface area contributed by atoms with Crippen LogP contribution in [-0.2, 0) is 4.74 Å². The number of para-hydroxylation sites is 1. The Kier molecular flexibility index (Phi) is 5.70. The lowest BCUT2D eigenvalue weighted by atomic mass is 10.1. The largest absolute Gasteiger partial charge is 0.457 e. The Morgan fingerprint density at radius 3 is 2.49 bits per heavy atom. The number of nitrogens with one attached hydrogen (secondary N) is 2. The van der Waals surface area contributed by atoms with Crippen molar-refractivity contribution in [2.75, 3.05) is 36.5 Å². The fourth-order valence-corrected chi connectivity index (χ4v) is 4.04. The summed E-state index contributed by atoms with van der Waals surface area (Å²) in [7, 11) is 0. The van der Waals surface area contributed by atoms with E-state index in [0.717, 1.165) is 58.3 Å². The maximum Gasteiger partial charge on any atom is 0.228 e. The first kappa shape index (κ1) is 21.1. The molecule has 0 radical (unpaired) electrons. The minimum atomic E-state index is 0.666. The van der Waals surface area contributed by atoms with E-state index in [1.807, 2.05) is 85.1 Å². The normalized spacial score (nSPS) is 13.7. The molecule has 0 bridgehead atoms. The van der Waals surface area contributed by atoms with Crippen LogP contribution in [0.2, 0.25) is 0 Å². The number of fused-ring (bicyclic) bond motifs is 1. The minimum absolute atomic E-state index is 0.666. The second-order valence-corrected chi connectivity index (χ2v) is 8.27. The predicted molar refractivity (Wildman–Crippen MR) is 136 cm³/mol. The van der Waals surface area contributed by atoms with E-state index in [1.54, 1.807) is 0 Å². The molecular formula is C27H24N6O2. The molecule has 6 rings (SSSR count). The van der Waals surface area contributed by atoms with Gasteiger partial charge in [-0.3, -0.25) is 5.10 Å². The van der Waals surface area contributed by atoms with Crippen molar-refractivity contribution in [1.82, 2.24) is 20.2 Å². The number of rotatable bonds is 6. The summed E-state index contributed by atoms with van der Waals surface area (Å²) in [6.07, 6.45) is 1.81. The molecule has 1 saturated heterocycles. The zero-order chi connectivity index (χ0) is 23.5. The Labute approximate surface area is 202 Å². The molecule has 0 amide bonds. The monoisotopic (exact) mass is 464 g/mol. The van der Waals surface area contributed by atoms with Gasteiger partial charge in [0.2, 0.25) is 5.95 Å². The zero-order valence-corrected chi connectivity index (χ0v) is 19.0. The maximum atomic E-state index is 5.94. The van der Waals surface area contributed by atoms with Gasteiger partial charge in [-0.25, -0.2) is 4.98 Å². The van der Waals surface area contributed by atoms with E-state index in [-0.39, 0.29) is 0 Å². The van der Waals surface area contributed by atoms with E-state index < -0.39 is 0 Å². The number of anilines is 3. The standard InChI is InChI=1S/C27H24N6O2/c1-2-4-22(5-3-1)35-23-9-6-19(7-10-23)25-17-26(31-27(30-25)33-12-14-34-15-13-33)29-21-8-11-24-20(16-21)18-28-32-24/h1-11,16-18H,12-15H2,(H,28,32)(H,29,30,31). The molecule has 0 saturated carbocycles. The van der Waals surface area contributed by atoms with Crippen LogP contribution in [0.15, 0.2) is 85.1 Å². The third kappa shape index (κ3) is 4.78. The van der Waals surface area contributed by atoms with Crippen LogP contribution in [0.25, 0.3) is 22.2 Å². The summed E-state index contributed by atoms with van der Waals surface area (Å²) < 4.78 is 11.5. The average molecular weight is 465 g/mol. The Morgan fingerprint density at radius 1 is 0.857 bits per heavy atom. The molecule has 174 valence electrons. The first-order valence-electron chi connectivity index (χ1n) is 11.6. The van der Waals surface area contributed by atoms with Crippen LogP contribution in [0.1, 0.15) is 0 Å². The number of H-pyrrole nitrogens is 1. The predicted octanol–water partition coefficient (Wildman–Crippen LogP) is 5.39. The van der Waals surface area contributed by atoms with Gasteiger partial charge in [-0.1, -0.05) is 18.2 Å². The van der Waals surface area contributed by atoms with E-state index in [2.05, 4.69) is 20.4 Å². The summed E-state index contributed by atoms with van der Waals surface area (Å²) in [6, 6.07) is 25.7. The number of benzene rings is 3. The summed E-state index contributed by atoms with van der Waals surface area (Å²) in [4.78, 5) is 11.9. The number of nitrogens with zero attached hydrogens (tertiary/aromatic N) is 4. The van der Waals surface area contributed by atoms with Crippen LogP contribution < -0.4 is 15.0 Å². The molecule has 3 aromatic carbocycles. The van der Waals surface area contributed by atoms with Crippen molar-refractivity contribution < 1.29 is 9.47 Å². The molecule has 1 fully saturated rings. The highest BCUT2D eigenvalue weighted by atomic mass is 16.5. The van der Waals surface area contributed by atoms with Crippen LogP contribution in [0.3, 0.4) is 0 Å². The highest BCUT2D eigenvalue weighted by Crippen LogP contribution is 2.29. The number of hydrogen-bond acceptors (Lipinski definition) is 7. The molecule has 5 aromatic rings. The molecule has 0 atom stereocenters. The van der Waals surface area contributed by atoms with Gasteiger partial charge in [0.15, 0.2) is 0 Å². The highest BCUT2D eigenvalue weighted by molar-refractivity contribution is 5.83. The van der Waals surface area contributed by atoms with Crippen molar-refractivity contribution in [1.29, 1.82) is 0 Å². The van der Waals surface area contributed by atoms with E-state index in [1.165, 1.54) is 0 Å². The SMILES string of the molecule is c1ccc(Oc2ccc(-c3cc(Nc4ccc5[nH]ncc5c4)nc(N4CCOCC4)n3)cc2)cc1. The van der Waals surface area contributed by atoms with Gasteiger partial charge in [0.05, 0.1) is 30.6 Å². The summed E-state index contributed by atoms with van der Waals surface area (Å²) in [5, 5.41) is 11.6. The first-order valence-corrected chi connectivity index (χ1v) is 11.6. The Bertz CT molecular complexity index is 1430. The first-order chi connectivity index (χ1) is 17.3. The Hall–Kier alpha value is -4.43. The quantitative estimate of drug-likeness (QED) is 0.348. The van der Waals surface area contributed by atoms with E-state index in [0.29, 0.717) is 19.2 Å². The summed E-state index contributed by atoms with van der Waals surface area (Å²) in [5.74, 6) is 2.98. The van der Waals surface area contributed by atoms with Gasteiger partial charge in [-0.15, -0.1) is 0 Å². The van der Waals surface area contributed by atoms with Gasteiger partial charge >= 0.3 is 0 Å². The number of morpholine rings is 1. The van der Waals surface area contributed by atoms with Crippen LogP contribution in [-0.4, -0.2) is 46.5 Å². The van der Waals surface area contributed by atoms with Crippen molar-refractivity contribution in [3.8, 4) is 22.8 Å². The summed E-state index contributed by atoms with van der Waals surface area (Å²) >= 11 is 0. The fourth-order valence-electron chi connectivity index (χ4n) is 4.04. The van der Waals surface area contributed by atoms with Crippen LogP contribution in [0.5, 0.6) is 11.5 Å². The molecule has 1 aliphatic rings. The molecule has 35 heavy (non-hydrogen) atoms. The molecule has 1 aliphatic heterocycles. The molecule has 2 N–H and O–H groups in total. The Morgan fingerprint density at radius 2 is 1.66 bits per heavy atom. The van der Waals surface area contributed by atoms with Crippen molar-refractivity contribution >= 4 is 28.4 Å². The second-order valence-electron chi connectivity index (χ2n) is 8.27. The van der Waals surface area contributed by atoms with E-state index >= 15 is 0 Å². The van der Waals surface area contributed by atoms with Crippen molar-refractivity contribution in [2.24, 2.45) is 0 Å². The van der Waals surface area contributed by atoms with Crippen LogP contribution >= 0.6 is 0 Å². The lowest BCUT2D eigenvalue weighted by Gasteiger charge is -2.27. The van der Waals surface area contributed by atoms with Gasteiger partial charge in [-0.05, 0) is 54.6 Å². The van der Waals surface area contributed by atoms with Gasteiger partial charge in [-0.2, -0.15) is 10.1 Å². The molecule has 0 aliphatic carbocycles. The molecular weight excluding hydrogens is 440 g/mol. The lowest BCUT2D eigenvalue weighted by molar-refractivity contribution is 0.122. The topological polar surface area (TPSA) is 88.2 Å². The molecule has 2 aromatic heterocycles. The maximum absolute atomic E-state index is 5.94. The van der Waals surface area contributed by atoms with Gasteiger partial charge in [0.25, 0.3) is 0 Å². The number of aromatic amines is 1. The van der Waals surface area contributed by atoms with E-state index in [9.17, 15) is 0 Å². The number of ether oxygens (including phenoxy) is 2. The van der Waals surface area contributed by atoms with Crippen LogP contribution in [0.4, 0.5) is 17.5 Å². The summed E-state index contributed by atoms with van der Waals surface area (Å²) in [5.41, 5.74) is 3.74. The summed E-state index contributed by atoms with van der Waals surface area (Å²) in [6.45, 7) is 2.85. The minimum Gasteiger partial charge on any atom is -0.457 e. The van der Waals surface area contributed by atoms with Crippen LogP contribution in [0, 0.1) is 0 Å². The third-order valence-corrected chi connectivity index (χ3v) is 5.85. The van der Waals surface area contributed by atoms with Gasteiger partial charge in [0, 0.05) is 35.8 Å². The van der Waals surface area contributed by atoms with Crippen molar-refractivity contribution in [2.45, 2.75) is 0 Å².